The van der Waals surface area contributed by atoms with E-state index in [1.807, 2.05) is 42.5 Å². The number of benzene rings is 2. The quantitative estimate of drug-likeness (QED) is 0.376. The van der Waals surface area contributed by atoms with Crippen molar-refractivity contribution in [3.8, 4) is 5.75 Å². The molecular weight excluding hydrogens is 244 g/mol. The number of hydrogen-bond acceptors (Lipinski definition) is 4. The van der Waals surface area contributed by atoms with Crippen LogP contribution < -0.4 is 10.2 Å². The Morgan fingerprint density at radius 3 is 2.74 bits per heavy atom. The summed E-state index contributed by atoms with van der Waals surface area (Å²) >= 11 is 0. The van der Waals surface area contributed by atoms with Gasteiger partial charge in [-0.25, -0.2) is 0 Å². The van der Waals surface area contributed by atoms with Gasteiger partial charge in [-0.05, 0) is 11.5 Å². The minimum atomic E-state index is -0.842. The summed E-state index contributed by atoms with van der Waals surface area (Å²) in [7, 11) is 0. The highest BCUT2D eigenvalue weighted by molar-refractivity contribution is 5.88. The SMILES string of the molecule is N=C(CC(O)COc1cccc2ccccc12)NO. The Labute approximate surface area is 110 Å². The second kappa shape index (κ2) is 6.17. The van der Waals surface area contributed by atoms with E-state index in [9.17, 15) is 5.11 Å². The number of hydrogen-bond donors (Lipinski definition) is 4. The largest absolute Gasteiger partial charge is 0.490 e. The summed E-state index contributed by atoms with van der Waals surface area (Å²) in [4.78, 5) is 0. The summed E-state index contributed by atoms with van der Waals surface area (Å²) in [5.74, 6) is 0.551. The maximum atomic E-state index is 9.67. The number of amidine groups is 1. The van der Waals surface area contributed by atoms with Gasteiger partial charge in [-0.1, -0.05) is 36.4 Å². The van der Waals surface area contributed by atoms with E-state index in [1.54, 1.807) is 5.48 Å². The summed E-state index contributed by atoms with van der Waals surface area (Å²) in [6.45, 7) is 0.0675. The zero-order valence-electron chi connectivity index (χ0n) is 10.3. The van der Waals surface area contributed by atoms with Crippen molar-refractivity contribution in [3.05, 3.63) is 42.5 Å². The first kappa shape index (κ1) is 13.3. The third-order valence-corrected chi connectivity index (χ3v) is 2.76. The lowest BCUT2D eigenvalue weighted by molar-refractivity contribution is 0.110. The van der Waals surface area contributed by atoms with Gasteiger partial charge in [0.05, 0.1) is 6.10 Å². The van der Waals surface area contributed by atoms with Crippen LogP contribution in [-0.4, -0.2) is 28.9 Å². The second-order valence-corrected chi connectivity index (χ2v) is 4.24. The average molecular weight is 260 g/mol. The van der Waals surface area contributed by atoms with Crippen molar-refractivity contribution in [1.82, 2.24) is 5.48 Å². The van der Waals surface area contributed by atoms with Gasteiger partial charge in [-0.2, -0.15) is 0 Å². The van der Waals surface area contributed by atoms with Gasteiger partial charge in [0.2, 0.25) is 0 Å². The molecule has 0 saturated carbocycles. The molecule has 1 unspecified atom stereocenters. The molecule has 0 bridgehead atoms. The normalized spacial score (nSPS) is 12.1. The van der Waals surface area contributed by atoms with Gasteiger partial charge in [0.1, 0.15) is 18.2 Å². The van der Waals surface area contributed by atoms with Crippen molar-refractivity contribution in [2.24, 2.45) is 0 Å². The molecule has 0 aromatic heterocycles. The predicted octanol–water partition coefficient (Wildman–Crippen LogP) is 1.93. The van der Waals surface area contributed by atoms with E-state index < -0.39 is 6.10 Å². The first-order chi connectivity index (χ1) is 9.20. The summed E-state index contributed by atoms with van der Waals surface area (Å²) in [5.41, 5.74) is 1.69. The van der Waals surface area contributed by atoms with Crippen LogP contribution in [0.25, 0.3) is 10.8 Å². The van der Waals surface area contributed by atoms with E-state index in [0.29, 0.717) is 5.75 Å². The van der Waals surface area contributed by atoms with Crippen molar-refractivity contribution in [2.45, 2.75) is 12.5 Å². The fourth-order valence-electron chi connectivity index (χ4n) is 1.85. The van der Waals surface area contributed by atoms with Gasteiger partial charge in [0, 0.05) is 11.8 Å². The number of hydroxylamine groups is 1. The number of fused-ring (bicyclic) bond motifs is 1. The standard InChI is InChI=1S/C14H16N2O3/c15-14(16-18)8-11(17)9-19-13-7-3-5-10-4-1-2-6-12(10)13/h1-7,11,17-18H,8-9H2,(H2,15,16). The summed E-state index contributed by atoms with van der Waals surface area (Å²) < 4.78 is 5.57. The molecule has 0 aliphatic carbocycles. The fourth-order valence-corrected chi connectivity index (χ4v) is 1.85. The van der Waals surface area contributed by atoms with Crippen LogP contribution in [0, 0.1) is 5.41 Å². The molecule has 2 aromatic carbocycles. The Balaban J connectivity index is 2.04. The number of aliphatic hydroxyl groups excluding tert-OH is 1. The van der Waals surface area contributed by atoms with Crippen LogP contribution in [0.3, 0.4) is 0 Å². The number of rotatable bonds is 5. The summed E-state index contributed by atoms with van der Waals surface area (Å²) in [5, 5.41) is 27.4. The van der Waals surface area contributed by atoms with Gasteiger partial charge in [0.25, 0.3) is 0 Å². The van der Waals surface area contributed by atoms with Gasteiger partial charge in [-0.3, -0.25) is 16.1 Å². The maximum absolute atomic E-state index is 9.67. The molecular formula is C14H16N2O3. The van der Waals surface area contributed by atoms with Gasteiger partial charge in [0.15, 0.2) is 0 Å². The van der Waals surface area contributed by atoms with E-state index >= 15 is 0 Å². The van der Waals surface area contributed by atoms with Crippen molar-refractivity contribution >= 4 is 16.6 Å². The van der Waals surface area contributed by atoms with Crippen molar-refractivity contribution < 1.29 is 15.1 Å². The van der Waals surface area contributed by atoms with Crippen molar-refractivity contribution in [3.63, 3.8) is 0 Å². The van der Waals surface area contributed by atoms with E-state index in [4.69, 9.17) is 15.4 Å². The lowest BCUT2D eigenvalue weighted by Gasteiger charge is -2.13. The monoisotopic (exact) mass is 260 g/mol. The maximum Gasteiger partial charge on any atom is 0.127 e. The number of nitrogens with one attached hydrogen (secondary N) is 2. The van der Waals surface area contributed by atoms with Crippen LogP contribution in [0.5, 0.6) is 5.75 Å². The van der Waals surface area contributed by atoms with Crippen LogP contribution in [0.1, 0.15) is 6.42 Å². The van der Waals surface area contributed by atoms with Gasteiger partial charge < -0.3 is 9.84 Å². The van der Waals surface area contributed by atoms with Crippen LogP contribution >= 0.6 is 0 Å². The zero-order chi connectivity index (χ0) is 13.7. The minimum absolute atomic E-state index is 0.0151. The highest BCUT2D eigenvalue weighted by Gasteiger charge is 2.09. The van der Waals surface area contributed by atoms with Crippen LogP contribution in [-0.2, 0) is 0 Å². The average Bonchev–Trinajstić information content (AvgIpc) is 2.44. The van der Waals surface area contributed by atoms with Crippen LogP contribution in [0.2, 0.25) is 0 Å². The molecule has 100 valence electrons. The van der Waals surface area contributed by atoms with E-state index in [0.717, 1.165) is 10.8 Å². The van der Waals surface area contributed by atoms with E-state index in [2.05, 4.69) is 0 Å². The smallest absolute Gasteiger partial charge is 0.127 e. The lowest BCUT2D eigenvalue weighted by atomic mass is 10.1. The molecule has 0 radical (unpaired) electrons. The Hall–Kier alpha value is -2.11. The predicted molar refractivity (Wildman–Crippen MR) is 72.7 cm³/mol. The molecule has 0 spiro atoms. The second-order valence-electron chi connectivity index (χ2n) is 4.24. The third-order valence-electron chi connectivity index (χ3n) is 2.76. The molecule has 19 heavy (non-hydrogen) atoms. The van der Waals surface area contributed by atoms with Crippen molar-refractivity contribution in [2.75, 3.05) is 6.61 Å². The van der Waals surface area contributed by atoms with E-state index in [1.165, 1.54) is 0 Å². The fraction of sp³-hybridized carbons (Fsp3) is 0.214. The number of ether oxygens (including phenoxy) is 1. The Morgan fingerprint density at radius 1 is 1.21 bits per heavy atom. The Morgan fingerprint density at radius 2 is 1.95 bits per heavy atom. The highest BCUT2D eigenvalue weighted by atomic mass is 16.5. The van der Waals surface area contributed by atoms with Crippen molar-refractivity contribution in [1.29, 1.82) is 5.41 Å². The zero-order valence-corrected chi connectivity index (χ0v) is 10.3. The lowest BCUT2D eigenvalue weighted by Crippen LogP contribution is -2.27. The minimum Gasteiger partial charge on any atom is -0.490 e. The third kappa shape index (κ3) is 3.43. The topological polar surface area (TPSA) is 85.6 Å². The van der Waals surface area contributed by atoms with E-state index in [-0.39, 0.29) is 18.9 Å². The summed E-state index contributed by atoms with van der Waals surface area (Å²) in [6, 6.07) is 13.5. The molecule has 2 rings (SSSR count). The molecule has 0 saturated heterocycles. The number of aliphatic hydroxyl groups is 1. The van der Waals surface area contributed by atoms with Crippen LogP contribution in [0.15, 0.2) is 42.5 Å². The molecule has 5 heteroatoms. The molecule has 1 atom stereocenters. The molecule has 0 heterocycles. The van der Waals surface area contributed by atoms with Gasteiger partial charge >= 0.3 is 0 Å². The molecule has 0 aliphatic heterocycles. The highest BCUT2D eigenvalue weighted by Crippen LogP contribution is 2.25. The molecule has 0 aliphatic rings. The molecule has 0 amide bonds. The van der Waals surface area contributed by atoms with Crippen LogP contribution in [0.4, 0.5) is 0 Å². The first-order valence-corrected chi connectivity index (χ1v) is 5.97. The first-order valence-electron chi connectivity index (χ1n) is 5.97. The Bertz CT molecular complexity index is 566. The summed E-state index contributed by atoms with van der Waals surface area (Å²) in [6.07, 6.45) is -0.826. The Kier molecular flexibility index (Phi) is 4.33. The molecule has 5 nitrogen and oxygen atoms in total. The molecule has 4 N–H and O–H groups in total. The molecule has 0 fully saturated rings. The molecule has 2 aromatic rings. The van der Waals surface area contributed by atoms with Gasteiger partial charge in [-0.15, -0.1) is 0 Å².